The number of hydrogen-bond donors (Lipinski definition) is 2. The predicted molar refractivity (Wildman–Crippen MR) is 162 cm³/mol. The van der Waals surface area contributed by atoms with Gasteiger partial charge in [-0.25, -0.2) is 19.7 Å². The lowest BCUT2D eigenvalue weighted by molar-refractivity contribution is -0.447. The average molecular weight is 703 g/mol. The molecule has 5 rings (SSSR count). The number of H-pyrrole nitrogens is 2. The number of imidazole rings is 2. The topological polar surface area (TPSA) is 199 Å². The summed E-state index contributed by atoms with van der Waals surface area (Å²) in [6, 6.07) is 12.9. The van der Waals surface area contributed by atoms with Gasteiger partial charge in [-0.3, -0.25) is 8.37 Å². The minimum atomic E-state index is -4.40. The molecule has 0 fully saturated rings. The maximum atomic E-state index is 12.5. The van der Waals surface area contributed by atoms with Crippen LogP contribution in [-0.2, 0) is 57.1 Å². The Morgan fingerprint density at radius 3 is 1.51 bits per heavy atom. The summed E-state index contributed by atoms with van der Waals surface area (Å²) < 4.78 is 68.8. The van der Waals surface area contributed by atoms with Crippen LogP contribution >= 0.6 is 24.1 Å². The molecule has 0 atom stereocenters. The summed E-state index contributed by atoms with van der Waals surface area (Å²) in [5, 5.41) is 8.96. The third-order valence-electron chi connectivity index (χ3n) is 5.94. The number of nitrogens with zero attached hydrogens (tertiary/aromatic N) is 2. The number of hydrogen-bond acceptors (Lipinski definition) is 16. The van der Waals surface area contributed by atoms with Crippen LogP contribution in [0.2, 0.25) is 0 Å². The van der Waals surface area contributed by atoms with Crippen LogP contribution in [0.5, 0.6) is 0 Å². The third-order valence-corrected chi connectivity index (χ3v) is 10.1. The molecule has 45 heavy (non-hydrogen) atoms. The van der Waals surface area contributed by atoms with E-state index in [1.54, 1.807) is 36.4 Å². The smallest absolute Gasteiger partial charge is 0.298 e. The number of nitrogens with one attached hydrogen (secondary N) is 2. The van der Waals surface area contributed by atoms with E-state index in [0.717, 1.165) is 56.0 Å². The van der Waals surface area contributed by atoms with Gasteiger partial charge in [0.15, 0.2) is 0 Å². The van der Waals surface area contributed by atoms with E-state index in [2.05, 4.69) is 48.2 Å². The number of fused-ring (bicyclic) bond motifs is 2. The van der Waals surface area contributed by atoms with Gasteiger partial charge in [-0.05, 0) is 24.3 Å². The maximum Gasteiger partial charge on any atom is 0.298 e. The summed E-state index contributed by atoms with van der Waals surface area (Å²) >= 11 is 1.74. The summed E-state index contributed by atoms with van der Waals surface area (Å²) in [6.07, 6.45) is 0. The predicted octanol–water partition coefficient (Wildman–Crippen LogP) is 5.11. The molecular weight excluding hydrogens is 677 g/mol. The quantitative estimate of drug-likeness (QED) is 0.0508. The van der Waals surface area contributed by atoms with Crippen LogP contribution in [0.25, 0.3) is 44.8 Å². The molecule has 0 bridgehead atoms. The van der Waals surface area contributed by atoms with Crippen LogP contribution in [0.3, 0.4) is 0 Å². The first-order chi connectivity index (χ1) is 21.1. The van der Waals surface area contributed by atoms with E-state index in [9.17, 15) is 16.8 Å². The first kappa shape index (κ1) is 34.7. The fraction of sp³-hybridized carbons (Fsp3) is 0.200. The Bertz CT molecular complexity index is 1900. The first-order valence-electron chi connectivity index (χ1n) is 12.0. The van der Waals surface area contributed by atoms with Gasteiger partial charge in [-0.15, -0.1) is 8.67 Å². The molecule has 0 aliphatic rings. The Labute approximate surface area is 266 Å². The van der Waals surface area contributed by atoms with E-state index in [1.807, 2.05) is 0 Å². The van der Waals surface area contributed by atoms with Crippen molar-refractivity contribution in [2.45, 2.75) is 27.0 Å². The zero-order valence-electron chi connectivity index (χ0n) is 23.0. The van der Waals surface area contributed by atoms with Crippen molar-refractivity contribution in [1.82, 2.24) is 19.9 Å². The lowest BCUT2D eigenvalue weighted by Crippen LogP contribution is -2.12. The highest BCUT2D eigenvalue weighted by Gasteiger charge is 2.28. The molecule has 3 aromatic carbocycles. The average Bonchev–Trinajstić information content (AvgIpc) is 3.64. The second-order valence-corrected chi connectivity index (χ2v) is 13.2. The highest BCUT2D eigenvalue weighted by atomic mass is 32.2. The molecule has 0 saturated heterocycles. The van der Waals surface area contributed by atoms with E-state index in [4.69, 9.17) is 8.67 Å². The maximum absolute atomic E-state index is 12.5. The van der Waals surface area contributed by atoms with Crippen molar-refractivity contribution in [2.24, 2.45) is 0 Å². The van der Waals surface area contributed by atoms with E-state index in [-0.39, 0.29) is 18.5 Å². The minimum Gasteiger partial charge on any atom is -0.338 e. The van der Waals surface area contributed by atoms with E-state index >= 15 is 0 Å². The van der Waals surface area contributed by atoms with Crippen LogP contribution < -0.4 is 0 Å². The summed E-state index contributed by atoms with van der Waals surface area (Å²) in [5.41, 5.74) is 3.15. The lowest BCUT2D eigenvalue weighted by atomic mass is 10.1. The normalized spacial score (nSPS) is 12.2. The van der Waals surface area contributed by atoms with E-state index in [0.29, 0.717) is 38.0 Å². The number of aromatic amines is 2. The van der Waals surface area contributed by atoms with Crippen molar-refractivity contribution in [3.05, 3.63) is 48.5 Å². The standard InChI is InChI=1S/C24H22N4O12S4.CH4/c1-33-37-39-41-19-9-15-16(10-20(19)42-40-38-34-2)26-23(25-15)13-5-7-14(8-6-13)24-27-17-11-21(43(29,30)35-3)22(12-18(17)28-24)44(31,32)36-4;/h5-12H,1-4H3,(H,25,26)(H,27,28);1H4. The molecule has 0 saturated carbocycles. The molecule has 2 N–H and O–H groups in total. The van der Waals surface area contributed by atoms with Gasteiger partial charge in [-0.2, -0.15) is 16.8 Å². The largest absolute Gasteiger partial charge is 0.338 e. The Morgan fingerprint density at radius 1 is 0.622 bits per heavy atom. The summed E-state index contributed by atoms with van der Waals surface area (Å²) in [5.74, 6) is 0.921. The minimum absolute atomic E-state index is 0. The molecule has 242 valence electrons. The monoisotopic (exact) mass is 702 g/mol. The summed E-state index contributed by atoms with van der Waals surface area (Å²) in [4.78, 5) is 24.3. The van der Waals surface area contributed by atoms with Gasteiger partial charge < -0.3 is 9.97 Å². The summed E-state index contributed by atoms with van der Waals surface area (Å²) in [7, 11) is -4.34. The van der Waals surface area contributed by atoms with Crippen molar-refractivity contribution >= 4 is 66.4 Å². The van der Waals surface area contributed by atoms with Crippen molar-refractivity contribution in [3.8, 4) is 22.8 Å². The zero-order valence-corrected chi connectivity index (χ0v) is 26.3. The van der Waals surface area contributed by atoms with Crippen molar-refractivity contribution in [1.29, 1.82) is 0 Å². The van der Waals surface area contributed by atoms with E-state index < -0.39 is 30.0 Å². The fourth-order valence-corrected chi connectivity index (χ4v) is 7.18. The molecule has 16 nitrogen and oxygen atoms in total. The van der Waals surface area contributed by atoms with Crippen LogP contribution in [-0.4, -0.2) is 65.2 Å². The van der Waals surface area contributed by atoms with Crippen LogP contribution in [0.15, 0.2) is 68.1 Å². The van der Waals surface area contributed by atoms with Gasteiger partial charge in [0.1, 0.15) is 21.4 Å². The van der Waals surface area contributed by atoms with Crippen LogP contribution in [0, 0.1) is 0 Å². The Balaban J connectivity index is 0.00000461. The lowest BCUT2D eigenvalue weighted by Gasteiger charge is -2.08. The SMILES string of the molecule is C.COOOSc1cc2nc(-c3ccc(-c4nc5cc(S(=O)(=O)OC)c(S(=O)(=O)OC)cc5[nH]4)cc3)[nH]c2cc1SOOOC. The Kier molecular flexibility index (Phi) is 11.2. The number of benzene rings is 3. The molecule has 0 spiro atoms. The Hall–Kier alpha value is -3.12. The zero-order chi connectivity index (χ0) is 31.5. The van der Waals surface area contributed by atoms with Gasteiger partial charge in [-0.1, -0.05) is 41.8 Å². The van der Waals surface area contributed by atoms with Crippen LogP contribution in [0.1, 0.15) is 7.43 Å². The van der Waals surface area contributed by atoms with E-state index in [1.165, 1.54) is 14.2 Å². The molecule has 0 amide bonds. The van der Waals surface area contributed by atoms with Crippen molar-refractivity contribution in [3.63, 3.8) is 0 Å². The van der Waals surface area contributed by atoms with Gasteiger partial charge >= 0.3 is 0 Å². The van der Waals surface area contributed by atoms with Gasteiger partial charge in [0.2, 0.25) is 0 Å². The molecule has 2 aromatic heterocycles. The number of aromatic nitrogens is 4. The highest BCUT2D eigenvalue weighted by Crippen LogP contribution is 2.36. The fourth-order valence-electron chi connectivity index (χ4n) is 3.95. The molecule has 20 heteroatoms. The molecule has 0 aliphatic carbocycles. The van der Waals surface area contributed by atoms with Gasteiger partial charge in [0.25, 0.3) is 20.2 Å². The molecular formula is C25H26N4O12S4. The molecule has 2 heterocycles. The van der Waals surface area contributed by atoms with Crippen molar-refractivity contribution < 1.29 is 53.7 Å². The second kappa shape index (κ2) is 14.5. The third kappa shape index (κ3) is 7.48. The van der Waals surface area contributed by atoms with Crippen molar-refractivity contribution in [2.75, 3.05) is 28.4 Å². The Morgan fingerprint density at radius 2 is 1.04 bits per heavy atom. The summed E-state index contributed by atoms with van der Waals surface area (Å²) in [6.45, 7) is 0. The van der Waals surface area contributed by atoms with Crippen LogP contribution in [0.4, 0.5) is 0 Å². The molecule has 0 unspecified atom stereocenters. The van der Waals surface area contributed by atoms with Gasteiger partial charge in [0, 0.05) is 11.1 Å². The number of rotatable bonds is 14. The first-order valence-corrected chi connectivity index (χ1v) is 16.3. The van der Waals surface area contributed by atoms with Gasteiger partial charge in [0.05, 0.1) is 84.4 Å². The second-order valence-electron chi connectivity index (χ2n) is 8.39. The highest BCUT2D eigenvalue weighted by molar-refractivity contribution is 7.97. The molecule has 0 radical (unpaired) electrons. The molecule has 5 aromatic rings. The molecule has 0 aliphatic heterocycles.